The zero-order valence-corrected chi connectivity index (χ0v) is 11.2. The number of hydrogen-bond acceptors (Lipinski definition) is 3. The van der Waals surface area contributed by atoms with E-state index >= 15 is 0 Å². The summed E-state index contributed by atoms with van der Waals surface area (Å²) in [5.74, 6) is -1.42. The van der Waals surface area contributed by atoms with Crippen molar-refractivity contribution in [1.82, 2.24) is 4.98 Å². The zero-order chi connectivity index (χ0) is 15.0. The number of aliphatic carboxylic acids is 1. The highest BCUT2D eigenvalue weighted by Gasteiger charge is 2.37. The van der Waals surface area contributed by atoms with Crippen LogP contribution in [-0.2, 0) is 10.2 Å². The normalized spacial score (nSPS) is 14.0. The summed E-state index contributed by atoms with van der Waals surface area (Å²) in [6.07, 6.45) is 1.31. The number of aromatic nitrogens is 1. The average molecular weight is 285 g/mol. The maximum absolute atomic E-state index is 13.1. The van der Waals surface area contributed by atoms with Crippen molar-refractivity contribution in [3.63, 3.8) is 0 Å². The lowest BCUT2D eigenvalue weighted by Gasteiger charge is -2.26. The molecule has 5 heteroatoms. The molecule has 4 nitrogen and oxygen atoms in total. The Kier molecular flexibility index (Phi) is 2.97. The summed E-state index contributed by atoms with van der Waals surface area (Å²) in [6.45, 7) is 1.59. The topological polar surface area (TPSA) is 63.3 Å². The molecule has 0 aliphatic carbocycles. The van der Waals surface area contributed by atoms with Crippen LogP contribution in [0.3, 0.4) is 0 Å². The van der Waals surface area contributed by atoms with Gasteiger partial charge in [-0.15, -0.1) is 0 Å². The van der Waals surface area contributed by atoms with Gasteiger partial charge in [0.15, 0.2) is 12.0 Å². The summed E-state index contributed by atoms with van der Waals surface area (Å²) in [6, 6.07) is 10.5. The second-order valence-electron chi connectivity index (χ2n) is 4.97. The monoisotopic (exact) mass is 285 g/mol. The number of carbonyl (C=O) groups is 1. The fraction of sp³-hybridized carbons (Fsp3) is 0.125. The maximum atomic E-state index is 13.1. The van der Waals surface area contributed by atoms with Crippen LogP contribution >= 0.6 is 0 Å². The molecule has 1 N–H and O–H groups in total. The van der Waals surface area contributed by atoms with Gasteiger partial charge in [-0.25, -0.2) is 9.37 Å². The van der Waals surface area contributed by atoms with E-state index in [9.17, 15) is 14.3 Å². The van der Waals surface area contributed by atoms with Crippen LogP contribution in [0.1, 0.15) is 18.1 Å². The van der Waals surface area contributed by atoms with E-state index < -0.39 is 17.2 Å². The summed E-state index contributed by atoms with van der Waals surface area (Å²) in [5, 5.41) is 9.69. The molecule has 1 aromatic heterocycles. The summed E-state index contributed by atoms with van der Waals surface area (Å²) >= 11 is 0. The highest BCUT2D eigenvalue weighted by molar-refractivity contribution is 5.87. The molecule has 0 bridgehead atoms. The lowest BCUT2D eigenvalue weighted by atomic mass is 9.76. The van der Waals surface area contributed by atoms with Crippen LogP contribution in [0.15, 0.2) is 53.3 Å². The van der Waals surface area contributed by atoms with Gasteiger partial charge in [0.1, 0.15) is 16.7 Å². The standard InChI is InChI=1S/C16H12FNO3/c1-16(15(19)20,10-2-5-12(17)6-3-10)11-4-7-14-13(8-11)18-9-21-14/h2-9H,1H3,(H,19,20). The summed E-state index contributed by atoms with van der Waals surface area (Å²) < 4.78 is 18.2. The van der Waals surface area contributed by atoms with Gasteiger partial charge in [0.2, 0.25) is 0 Å². The van der Waals surface area contributed by atoms with Crippen LogP contribution < -0.4 is 0 Å². The molecule has 0 amide bonds. The van der Waals surface area contributed by atoms with E-state index in [0.717, 1.165) is 0 Å². The van der Waals surface area contributed by atoms with Crippen LogP contribution in [0.5, 0.6) is 0 Å². The van der Waals surface area contributed by atoms with E-state index in [1.54, 1.807) is 25.1 Å². The van der Waals surface area contributed by atoms with Crippen molar-refractivity contribution in [2.75, 3.05) is 0 Å². The molecule has 2 aromatic carbocycles. The van der Waals surface area contributed by atoms with Gasteiger partial charge in [-0.1, -0.05) is 18.2 Å². The molecule has 0 aliphatic rings. The van der Waals surface area contributed by atoms with Gasteiger partial charge in [-0.3, -0.25) is 4.79 Å². The minimum Gasteiger partial charge on any atom is -0.480 e. The van der Waals surface area contributed by atoms with Crippen molar-refractivity contribution in [2.45, 2.75) is 12.3 Å². The average Bonchev–Trinajstić information content (AvgIpc) is 2.94. The minimum absolute atomic E-state index is 0.404. The smallest absolute Gasteiger partial charge is 0.318 e. The first kappa shape index (κ1) is 13.3. The van der Waals surface area contributed by atoms with Gasteiger partial charge < -0.3 is 9.52 Å². The molecular formula is C16H12FNO3. The zero-order valence-electron chi connectivity index (χ0n) is 11.2. The van der Waals surface area contributed by atoms with Crippen LogP contribution in [0.4, 0.5) is 4.39 Å². The van der Waals surface area contributed by atoms with Gasteiger partial charge in [-0.05, 0) is 42.3 Å². The molecule has 0 fully saturated rings. The number of halogens is 1. The third-order valence-electron chi connectivity index (χ3n) is 3.76. The Morgan fingerprint density at radius 1 is 1.19 bits per heavy atom. The van der Waals surface area contributed by atoms with Crippen LogP contribution in [0.2, 0.25) is 0 Å². The number of rotatable bonds is 3. The third-order valence-corrected chi connectivity index (χ3v) is 3.76. The Balaban J connectivity index is 2.20. The number of hydrogen-bond donors (Lipinski definition) is 1. The second kappa shape index (κ2) is 4.70. The van der Waals surface area contributed by atoms with Crippen LogP contribution in [-0.4, -0.2) is 16.1 Å². The molecular weight excluding hydrogens is 273 g/mol. The molecule has 1 unspecified atom stereocenters. The molecule has 0 saturated carbocycles. The van der Waals surface area contributed by atoms with E-state index in [2.05, 4.69) is 4.98 Å². The number of fused-ring (bicyclic) bond motifs is 1. The number of carboxylic acids is 1. The van der Waals surface area contributed by atoms with Gasteiger partial charge in [0.25, 0.3) is 0 Å². The van der Waals surface area contributed by atoms with E-state index in [1.807, 2.05) is 0 Å². The Labute approximate surface area is 119 Å². The highest BCUT2D eigenvalue weighted by atomic mass is 19.1. The van der Waals surface area contributed by atoms with E-state index in [1.165, 1.54) is 30.7 Å². The van der Waals surface area contributed by atoms with Crippen molar-refractivity contribution >= 4 is 17.1 Å². The Morgan fingerprint density at radius 3 is 2.52 bits per heavy atom. The number of oxazole rings is 1. The molecule has 0 radical (unpaired) electrons. The Morgan fingerprint density at radius 2 is 1.86 bits per heavy atom. The van der Waals surface area contributed by atoms with Crippen molar-refractivity contribution in [3.8, 4) is 0 Å². The molecule has 3 aromatic rings. The molecule has 0 spiro atoms. The summed E-state index contributed by atoms with van der Waals surface area (Å²) in [5.41, 5.74) is 0.941. The molecule has 106 valence electrons. The largest absolute Gasteiger partial charge is 0.480 e. The predicted molar refractivity (Wildman–Crippen MR) is 74.5 cm³/mol. The number of carboxylic acid groups (broad SMARTS) is 1. The summed E-state index contributed by atoms with van der Waals surface area (Å²) in [4.78, 5) is 15.9. The predicted octanol–water partition coefficient (Wildman–Crippen LogP) is 3.36. The quantitative estimate of drug-likeness (QED) is 0.801. The lowest BCUT2D eigenvalue weighted by molar-refractivity contribution is -0.141. The van der Waals surface area contributed by atoms with E-state index in [-0.39, 0.29) is 0 Å². The van der Waals surface area contributed by atoms with Crippen molar-refractivity contribution in [3.05, 3.63) is 65.8 Å². The molecule has 1 atom stereocenters. The van der Waals surface area contributed by atoms with Crippen molar-refractivity contribution in [2.24, 2.45) is 0 Å². The first-order chi connectivity index (χ1) is 10.0. The van der Waals surface area contributed by atoms with Crippen LogP contribution in [0, 0.1) is 5.82 Å². The molecule has 0 aliphatic heterocycles. The van der Waals surface area contributed by atoms with Gasteiger partial charge in [0.05, 0.1) is 0 Å². The molecule has 21 heavy (non-hydrogen) atoms. The highest BCUT2D eigenvalue weighted by Crippen LogP contribution is 2.34. The SMILES string of the molecule is CC(C(=O)O)(c1ccc(F)cc1)c1ccc2ocnc2c1. The fourth-order valence-electron chi connectivity index (χ4n) is 2.37. The molecule has 3 rings (SSSR count). The second-order valence-corrected chi connectivity index (χ2v) is 4.97. The fourth-order valence-corrected chi connectivity index (χ4v) is 2.37. The van der Waals surface area contributed by atoms with Crippen molar-refractivity contribution in [1.29, 1.82) is 0 Å². The van der Waals surface area contributed by atoms with Gasteiger partial charge in [-0.2, -0.15) is 0 Å². The van der Waals surface area contributed by atoms with Crippen molar-refractivity contribution < 1.29 is 18.7 Å². The lowest BCUT2D eigenvalue weighted by Crippen LogP contribution is -2.33. The summed E-state index contributed by atoms with van der Waals surface area (Å²) in [7, 11) is 0. The van der Waals surface area contributed by atoms with E-state index in [4.69, 9.17) is 4.42 Å². The van der Waals surface area contributed by atoms with E-state index in [0.29, 0.717) is 22.2 Å². The first-order valence-corrected chi connectivity index (χ1v) is 6.35. The number of benzene rings is 2. The van der Waals surface area contributed by atoms with Gasteiger partial charge in [0, 0.05) is 0 Å². The Bertz CT molecular complexity index is 810. The first-order valence-electron chi connectivity index (χ1n) is 6.35. The van der Waals surface area contributed by atoms with Crippen LogP contribution in [0.25, 0.3) is 11.1 Å². The Hall–Kier alpha value is -2.69. The molecule has 0 saturated heterocycles. The molecule has 1 heterocycles. The van der Waals surface area contributed by atoms with Gasteiger partial charge >= 0.3 is 5.97 Å². The number of nitrogens with zero attached hydrogens (tertiary/aromatic N) is 1. The minimum atomic E-state index is -1.29. The third kappa shape index (κ3) is 2.07. The maximum Gasteiger partial charge on any atom is 0.318 e.